The van der Waals surface area contributed by atoms with Crippen molar-refractivity contribution in [3.05, 3.63) is 29.3 Å². The molecule has 2 nitrogen and oxygen atoms in total. The molecule has 1 aliphatic rings. The second kappa shape index (κ2) is 4.15. The van der Waals surface area contributed by atoms with Gasteiger partial charge >= 0.3 is 0 Å². The first kappa shape index (κ1) is 9.08. The van der Waals surface area contributed by atoms with Crippen LogP contribution >= 0.6 is 0 Å². The Hall–Kier alpha value is -1.49. The fourth-order valence-electron chi connectivity index (χ4n) is 1.74. The maximum Gasteiger partial charge on any atom is 0.122 e. The van der Waals surface area contributed by atoms with E-state index in [4.69, 9.17) is 10.00 Å². The second-order valence-corrected chi connectivity index (χ2v) is 3.55. The summed E-state index contributed by atoms with van der Waals surface area (Å²) in [6.07, 6.45) is 3.64. The van der Waals surface area contributed by atoms with Crippen molar-refractivity contribution in [2.75, 3.05) is 6.61 Å². The lowest BCUT2D eigenvalue weighted by atomic mass is 10.0. The third-order valence-corrected chi connectivity index (χ3v) is 2.51. The Balaban J connectivity index is 2.17. The van der Waals surface area contributed by atoms with Gasteiger partial charge in [0.15, 0.2) is 0 Å². The molecular formula is C12H13NO. The van der Waals surface area contributed by atoms with Gasteiger partial charge in [-0.25, -0.2) is 0 Å². The highest BCUT2D eigenvalue weighted by Gasteiger charge is 2.09. The Morgan fingerprint density at radius 2 is 2.36 bits per heavy atom. The van der Waals surface area contributed by atoms with Crippen LogP contribution in [-0.4, -0.2) is 6.61 Å². The summed E-state index contributed by atoms with van der Waals surface area (Å²) < 4.78 is 5.56. The predicted octanol–water partition coefficient (Wildman–Crippen LogP) is 2.47. The van der Waals surface area contributed by atoms with E-state index in [-0.39, 0.29) is 0 Å². The third kappa shape index (κ3) is 1.88. The van der Waals surface area contributed by atoms with Crippen LogP contribution in [0.2, 0.25) is 0 Å². The van der Waals surface area contributed by atoms with Crippen molar-refractivity contribution in [3.63, 3.8) is 0 Å². The van der Waals surface area contributed by atoms with Gasteiger partial charge in [-0.2, -0.15) is 5.26 Å². The zero-order valence-corrected chi connectivity index (χ0v) is 8.12. The summed E-state index contributed by atoms with van der Waals surface area (Å²) in [5.41, 5.74) is 2.50. The summed E-state index contributed by atoms with van der Waals surface area (Å²) in [5.74, 6) is 1.02. The second-order valence-electron chi connectivity index (χ2n) is 3.55. The Morgan fingerprint density at radius 1 is 1.43 bits per heavy atom. The minimum absolute atomic E-state index is 0.582. The number of hydrogen-bond acceptors (Lipinski definition) is 2. The minimum Gasteiger partial charge on any atom is -0.493 e. The van der Waals surface area contributed by atoms with Crippen LogP contribution in [0.4, 0.5) is 0 Å². The van der Waals surface area contributed by atoms with Crippen LogP contribution < -0.4 is 4.74 Å². The molecule has 0 atom stereocenters. The molecule has 1 heterocycles. The van der Waals surface area contributed by atoms with Crippen LogP contribution in [0, 0.1) is 11.3 Å². The molecule has 1 aromatic carbocycles. The summed E-state index contributed by atoms with van der Waals surface area (Å²) in [4.78, 5) is 0. The van der Waals surface area contributed by atoms with Crippen LogP contribution in [0.5, 0.6) is 5.75 Å². The van der Waals surface area contributed by atoms with E-state index in [0.717, 1.165) is 31.6 Å². The van der Waals surface area contributed by atoms with Gasteiger partial charge in [-0.05, 0) is 36.5 Å². The average Bonchev–Trinajstić information content (AvgIpc) is 2.26. The first-order chi connectivity index (χ1) is 6.90. The number of aryl methyl sites for hydroxylation is 2. The fourth-order valence-corrected chi connectivity index (χ4v) is 1.74. The topological polar surface area (TPSA) is 33.0 Å². The molecule has 1 aliphatic heterocycles. The maximum absolute atomic E-state index is 8.48. The molecule has 72 valence electrons. The first-order valence-electron chi connectivity index (χ1n) is 5.02. The van der Waals surface area contributed by atoms with E-state index in [1.807, 2.05) is 0 Å². The van der Waals surface area contributed by atoms with Gasteiger partial charge in [0.1, 0.15) is 5.75 Å². The van der Waals surface area contributed by atoms with Crippen molar-refractivity contribution in [2.45, 2.75) is 25.7 Å². The number of ether oxygens (including phenoxy) is 1. The van der Waals surface area contributed by atoms with Gasteiger partial charge < -0.3 is 4.74 Å². The van der Waals surface area contributed by atoms with Gasteiger partial charge in [-0.3, -0.25) is 0 Å². The number of hydrogen-bond donors (Lipinski definition) is 0. The zero-order chi connectivity index (χ0) is 9.80. The highest BCUT2D eigenvalue weighted by Crippen LogP contribution is 2.26. The first-order valence-corrected chi connectivity index (χ1v) is 5.02. The van der Waals surface area contributed by atoms with Gasteiger partial charge in [0.05, 0.1) is 12.7 Å². The molecule has 0 N–H and O–H groups in total. The molecule has 0 aromatic heterocycles. The van der Waals surface area contributed by atoms with E-state index in [1.54, 1.807) is 0 Å². The number of rotatable bonds is 2. The van der Waals surface area contributed by atoms with Gasteiger partial charge in [0, 0.05) is 6.42 Å². The Morgan fingerprint density at radius 3 is 3.21 bits per heavy atom. The summed E-state index contributed by atoms with van der Waals surface area (Å²) in [7, 11) is 0. The molecule has 14 heavy (non-hydrogen) atoms. The van der Waals surface area contributed by atoms with E-state index in [9.17, 15) is 0 Å². The standard InChI is InChI=1S/C12H13NO/c13-7-1-3-10-5-6-11-4-2-8-14-12(11)9-10/h5-6,9H,1-4,8H2. The molecule has 0 radical (unpaired) electrons. The highest BCUT2D eigenvalue weighted by atomic mass is 16.5. The van der Waals surface area contributed by atoms with Crippen LogP contribution in [0.1, 0.15) is 24.0 Å². The smallest absolute Gasteiger partial charge is 0.122 e. The van der Waals surface area contributed by atoms with Crippen molar-refractivity contribution in [1.29, 1.82) is 5.26 Å². The summed E-state index contributed by atoms with van der Waals surface area (Å²) in [5, 5.41) is 8.48. The zero-order valence-electron chi connectivity index (χ0n) is 8.12. The molecule has 0 amide bonds. The molecule has 0 saturated carbocycles. The number of benzene rings is 1. The predicted molar refractivity (Wildman–Crippen MR) is 54.2 cm³/mol. The molecule has 0 saturated heterocycles. The lowest BCUT2D eigenvalue weighted by Crippen LogP contribution is -2.08. The summed E-state index contributed by atoms with van der Waals surface area (Å²) in [6.45, 7) is 0.828. The van der Waals surface area contributed by atoms with Crippen molar-refractivity contribution >= 4 is 0 Å². The number of nitriles is 1. The molecular weight excluding hydrogens is 174 g/mol. The molecule has 1 aromatic rings. The van der Waals surface area contributed by atoms with Crippen LogP contribution in [0.25, 0.3) is 0 Å². The Labute approximate surface area is 84.1 Å². The van der Waals surface area contributed by atoms with Crippen molar-refractivity contribution in [3.8, 4) is 11.8 Å². The van der Waals surface area contributed by atoms with Gasteiger partial charge in [0.25, 0.3) is 0 Å². The fraction of sp³-hybridized carbons (Fsp3) is 0.417. The summed E-state index contributed by atoms with van der Waals surface area (Å²) >= 11 is 0. The molecule has 0 bridgehead atoms. The van der Waals surface area contributed by atoms with Crippen LogP contribution in [0.3, 0.4) is 0 Å². The highest BCUT2D eigenvalue weighted by molar-refractivity contribution is 5.38. The molecule has 0 spiro atoms. The van der Waals surface area contributed by atoms with Gasteiger partial charge in [-0.15, -0.1) is 0 Å². The van der Waals surface area contributed by atoms with E-state index in [0.29, 0.717) is 6.42 Å². The van der Waals surface area contributed by atoms with Gasteiger partial charge in [0.2, 0.25) is 0 Å². The van der Waals surface area contributed by atoms with E-state index < -0.39 is 0 Å². The van der Waals surface area contributed by atoms with Crippen LogP contribution in [-0.2, 0) is 12.8 Å². The molecule has 2 heteroatoms. The van der Waals surface area contributed by atoms with E-state index >= 15 is 0 Å². The quantitative estimate of drug-likeness (QED) is 0.712. The van der Waals surface area contributed by atoms with E-state index in [1.165, 1.54) is 11.1 Å². The lowest BCUT2D eigenvalue weighted by Gasteiger charge is -2.17. The SMILES string of the molecule is N#CCCc1ccc2c(c1)OCCC2. The number of nitrogens with zero attached hydrogens (tertiary/aromatic N) is 1. The molecule has 0 unspecified atom stereocenters. The molecule has 0 aliphatic carbocycles. The van der Waals surface area contributed by atoms with Crippen LogP contribution in [0.15, 0.2) is 18.2 Å². The lowest BCUT2D eigenvalue weighted by molar-refractivity contribution is 0.288. The normalized spacial score (nSPS) is 13.9. The minimum atomic E-state index is 0.582. The Kier molecular flexibility index (Phi) is 2.69. The summed E-state index contributed by atoms with van der Waals surface area (Å²) in [6, 6.07) is 8.46. The van der Waals surface area contributed by atoms with Crippen molar-refractivity contribution in [2.24, 2.45) is 0 Å². The largest absolute Gasteiger partial charge is 0.493 e. The maximum atomic E-state index is 8.48. The van der Waals surface area contributed by atoms with Gasteiger partial charge in [-0.1, -0.05) is 12.1 Å². The third-order valence-electron chi connectivity index (χ3n) is 2.51. The monoisotopic (exact) mass is 187 g/mol. The molecule has 2 rings (SSSR count). The van der Waals surface area contributed by atoms with Crippen molar-refractivity contribution < 1.29 is 4.74 Å². The Bertz CT molecular complexity index is 365. The molecule has 0 fully saturated rings. The number of fused-ring (bicyclic) bond motifs is 1. The van der Waals surface area contributed by atoms with E-state index in [2.05, 4.69) is 24.3 Å². The average molecular weight is 187 g/mol. The van der Waals surface area contributed by atoms with Crippen molar-refractivity contribution in [1.82, 2.24) is 0 Å².